The Morgan fingerprint density at radius 1 is 1.00 bits per heavy atom. The van der Waals surface area contributed by atoms with E-state index in [1.165, 1.54) is 0 Å². The summed E-state index contributed by atoms with van der Waals surface area (Å²) in [5, 5.41) is 3.91. The molecule has 1 heterocycles. The van der Waals surface area contributed by atoms with E-state index < -0.39 is 18.5 Å². The van der Waals surface area contributed by atoms with Gasteiger partial charge in [-0.05, 0) is 24.3 Å². The molecule has 120 valence electrons. The predicted octanol–water partition coefficient (Wildman–Crippen LogP) is 3.68. The standard InChI is InChI=1S/C18H13ClN2O3/c19-13-6-2-4-8-15(13)21-17(22)11-24-18(23)16-10-9-12-5-1-3-7-14(12)20-16/h1-10H,11H2,(H,21,22). The highest BCUT2D eigenvalue weighted by molar-refractivity contribution is 6.33. The highest BCUT2D eigenvalue weighted by atomic mass is 35.5. The summed E-state index contributed by atoms with van der Waals surface area (Å²) in [4.78, 5) is 28.1. The number of amides is 1. The molecule has 1 N–H and O–H groups in total. The number of anilines is 1. The second kappa shape index (κ2) is 7.10. The van der Waals surface area contributed by atoms with Crippen LogP contribution in [0.3, 0.4) is 0 Å². The predicted molar refractivity (Wildman–Crippen MR) is 92.1 cm³/mol. The lowest BCUT2D eigenvalue weighted by atomic mass is 10.2. The van der Waals surface area contributed by atoms with Crippen LogP contribution in [0.5, 0.6) is 0 Å². The highest BCUT2D eigenvalue weighted by Crippen LogP contribution is 2.20. The number of aromatic nitrogens is 1. The number of rotatable bonds is 4. The SMILES string of the molecule is O=C(COC(=O)c1ccc2ccccc2n1)Nc1ccccc1Cl. The molecule has 0 aliphatic rings. The van der Waals surface area contributed by atoms with Crippen LogP contribution in [-0.2, 0) is 9.53 Å². The first kappa shape index (κ1) is 16.0. The number of halogens is 1. The van der Waals surface area contributed by atoms with Crippen molar-refractivity contribution >= 4 is 40.1 Å². The van der Waals surface area contributed by atoms with Gasteiger partial charge in [0, 0.05) is 5.39 Å². The third kappa shape index (κ3) is 3.70. The zero-order valence-corrected chi connectivity index (χ0v) is 13.3. The first-order valence-corrected chi connectivity index (χ1v) is 7.58. The van der Waals surface area contributed by atoms with Crippen molar-refractivity contribution in [1.29, 1.82) is 0 Å². The minimum atomic E-state index is -0.657. The van der Waals surface area contributed by atoms with Gasteiger partial charge in [0.25, 0.3) is 5.91 Å². The van der Waals surface area contributed by atoms with E-state index in [-0.39, 0.29) is 5.69 Å². The largest absolute Gasteiger partial charge is 0.451 e. The van der Waals surface area contributed by atoms with Crippen LogP contribution in [0.1, 0.15) is 10.5 Å². The summed E-state index contributed by atoms with van der Waals surface area (Å²) in [5.74, 6) is -1.13. The van der Waals surface area contributed by atoms with E-state index in [1.807, 2.05) is 18.2 Å². The Hall–Kier alpha value is -2.92. The number of hydrogen-bond donors (Lipinski definition) is 1. The van der Waals surface area contributed by atoms with Gasteiger partial charge in [-0.25, -0.2) is 9.78 Å². The van der Waals surface area contributed by atoms with E-state index in [0.717, 1.165) is 5.39 Å². The average molecular weight is 341 g/mol. The number of fused-ring (bicyclic) bond motifs is 1. The summed E-state index contributed by atoms with van der Waals surface area (Å²) >= 11 is 5.95. The van der Waals surface area contributed by atoms with E-state index in [4.69, 9.17) is 16.3 Å². The Morgan fingerprint density at radius 2 is 1.75 bits per heavy atom. The molecule has 0 aliphatic carbocycles. The highest BCUT2D eigenvalue weighted by Gasteiger charge is 2.13. The van der Waals surface area contributed by atoms with Gasteiger partial charge in [-0.3, -0.25) is 4.79 Å². The summed E-state index contributed by atoms with van der Waals surface area (Å²) in [6.45, 7) is -0.418. The van der Waals surface area contributed by atoms with Gasteiger partial charge in [-0.2, -0.15) is 0 Å². The van der Waals surface area contributed by atoms with E-state index in [2.05, 4.69) is 10.3 Å². The van der Waals surface area contributed by atoms with Crippen molar-refractivity contribution < 1.29 is 14.3 Å². The number of carbonyl (C=O) groups is 2. The Labute approximate surface area is 143 Å². The minimum absolute atomic E-state index is 0.152. The van der Waals surface area contributed by atoms with Crippen LogP contribution in [0, 0.1) is 0 Å². The van der Waals surface area contributed by atoms with Gasteiger partial charge in [0.15, 0.2) is 6.61 Å². The quantitative estimate of drug-likeness (QED) is 0.735. The van der Waals surface area contributed by atoms with Crippen molar-refractivity contribution in [2.45, 2.75) is 0 Å². The fraction of sp³-hybridized carbons (Fsp3) is 0.0556. The lowest BCUT2D eigenvalue weighted by Gasteiger charge is -2.08. The van der Waals surface area contributed by atoms with Gasteiger partial charge < -0.3 is 10.1 Å². The van der Waals surface area contributed by atoms with Crippen LogP contribution in [-0.4, -0.2) is 23.5 Å². The molecule has 0 aliphatic heterocycles. The van der Waals surface area contributed by atoms with Gasteiger partial charge in [-0.1, -0.05) is 48.0 Å². The van der Waals surface area contributed by atoms with Crippen LogP contribution in [0.2, 0.25) is 5.02 Å². The minimum Gasteiger partial charge on any atom is -0.451 e. The maximum atomic E-state index is 12.0. The van der Waals surface area contributed by atoms with Gasteiger partial charge in [0.05, 0.1) is 16.2 Å². The summed E-state index contributed by atoms with van der Waals surface area (Å²) in [6.07, 6.45) is 0. The van der Waals surface area contributed by atoms with Gasteiger partial charge >= 0.3 is 5.97 Å². The number of benzene rings is 2. The summed E-state index contributed by atoms with van der Waals surface area (Å²) in [5.41, 5.74) is 1.30. The third-order valence-corrected chi connectivity index (χ3v) is 3.62. The number of carbonyl (C=O) groups excluding carboxylic acids is 2. The second-order valence-corrected chi connectivity index (χ2v) is 5.40. The zero-order valence-electron chi connectivity index (χ0n) is 12.5. The molecule has 0 atom stereocenters. The lowest BCUT2D eigenvalue weighted by Crippen LogP contribution is -2.21. The molecule has 3 rings (SSSR count). The monoisotopic (exact) mass is 340 g/mol. The molecule has 24 heavy (non-hydrogen) atoms. The number of ether oxygens (including phenoxy) is 1. The maximum Gasteiger partial charge on any atom is 0.357 e. The van der Waals surface area contributed by atoms with E-state index in [0.29, 0.717) is 16.2 Å². The number of para-hydroxylation sites is 2. The number of pyridine rings is 1. The molecular formula is C18H13ClN2O3. The van der Waals surface area contributed by atoms with Crippen molar-refractivity contribution in [3.8, 4) is 0 Å². The van der Waals surface area contributed by atoms with Crippen LogP contribution < -0.4 is 5.32 Å². The Balaban J connectivity index is 1.62. The zero-order chi connectivity index (χ0) is 16.9. The average Bonchev–Trinajstić information content (AvgIpc) is 2.61. The molecule has 0 radical (unpaired) electrons. The number of hydrogen-bond acceptors (Lipinski definition) is 4. The number of nitrogens with one attached hydrogen (secondary N) is 1. The second-order valence-electron chi connectivity index (χ2n) is 4.99. The first-order valence-electron chi connectivity index (χ1n) is 7.21. The molecule has 6 heteroatoms. The maximum absolute atomic E-state index is 12.0. The number of nitrogens with zero attached hydrogens (tertiary/aromatic N) is 1. The molecular weight excluding hydrogens is 328 g/mol. The fourth-order valence-electron chi connectivity index (χ4n) is 2.13. The molecule has 0 fully saturated rings. The van der Waals surface area contributed by atoms with Gasteiger partial charge in [0.2, 0.25) is 0 Å². The molecule has 0 saturated carbocycles. The smallest absolute Gasteiger partial charge is 0.357 e. The first-order chi connectivity index (χ1) is 11.6. The molecule has 1 aromatic heterocycles. The molecule has 1 amide bonds. The van der Waals surface area contributed by atoms with E-state index >= 15 is 0 Å². The van der Waals surface area contributed by atoms with Crippen LogP contribution in [0.4, 0.5) is 5.69 Å². The van der Waals surface area contributed by atoms with Crippen LogP contribution in [0.15, 0.2) is 60.7 Å². The Kier molecular flexibility index (Phi) is 4.72. The van der Waals surface area contributed by atoms with Crippen molar-refractivity contribution in [3.63, 3.8) is 0 Å². The molecule has 0 unspecified atom stereocenters. The molecule has 0 saturated heterocycles. The van der Waals surface area contributed by atoms with Crippen LogP contribution in [0.25, 0.3) is 10.9 Å². The molecule has 3 aromatic rings. The Bertz CT molecular complexity index is 911. The van der Waals surface area contributed by atoms with Crippen molar-refractivity contribution in [3.05, 3.63) is 71.4 Å². The third-order valence-electron chi connectivity index (χ3n) is 3.29. The van der Waals surface area contributed by atoms with E-state index in [1.54, 1.807) is 42.5 Å². The van der Waals surface area contributed by atoms with Crippen molar-refractivity contribution in [2.24, 2.45) is 0 Å². The van der Waals surface area contributed by atoms with Crippen LogP contribution >= 0.6 is 11.6 Å². The van der Waals surface area contributed by atoms with Gasteiger partial charge in [0.1, 0.15) is 5.69 Å². The van der Waals surface area contributed by atoms with Crippen molar-refractivity contribution in [1.82, 2.24) is 4.98 Å². The molecule has 2 aromatic carbocycles. The van der Waals surface area contributed by atoms with Crippen molar-refractivity contribution in [2.75, 3.05) is 11.9 Å². The topological polar surface area (TPSA) is 68.3 Å². The summed E-state index contributed by atoms with van der Waals surface area (Å²) < 4.78 is 4.99. The Morgan fingerprint density at radius 3 is 2.58 bits per heavy atom. The lowest BCUT2D eigenvalue weighted by molar-refractivity contribution is -0.119. The normalized spacial score (nSPS) is 10.4. The fourth-order valence-corrected chi connectivity index (χ4v) is 2.32. The molecule has 5 nitrogen and oxygen atoms in total. The van der Waals surface area contributed by atoms with Gasteiger partial charge in [-0.15, -0.1) is 0 Å². The summed E-state index contributed by atoms with van der Waals surface area (Å²) in [7, 11) is 0. The number of esters is 1. The molecule has 0 spiro atoms. The summed E-state index contributed by atoms with van der Waals surface area (Å²) in [6, 6.07) is 17.6. The molecule has 0 bridgehead atoms. The van der Waals surface area contributed by atoms with E-state index in [9.17, 15) is 9.59 Å².